The number of hydrogen-bond donors (Lipinski definition) is 2. The molecule has 0 unspecified atom stereocenters. The Balaban J connectivity index is 2.22. The highest BCUT2D eigenvalue weighted by molar-refractivity contribution is 5.70. The van der Waals surface area contributed by atoms with Gasteiger partial charge in [0.05, 0.1) is 0 Å². The number of hydrogen-bond acceptors (Lipinski definition) is 2. The van der Waals surface area contributed by atoms with E-state index >= 15 is 0 Å². The largest absolute Gasteiger partial charge is 0.398 e. The lowest BCUT2D eigenvalue weighted by molar-refractivity contribution is 0.618. The van der Waals surface area contributed by atoms with E-state index in [4.69, 9.17) is 11.5 Å². The van der Waals surface area contributed by atoms with Crippen molar-refractivity contribution in [3.05, 3.63) is 76.1 Å². The minimum Gasteiger partial charge on any atom is -0.398 e. The summed E-state index contributed by atoms with van der Waals surface area (Å²) in [6.07, 6.45) is 5.60. The van der Waals surface area contributed by atoms with Gasteiger partial charge >= 0.3 is 0 Å². The van der Waals surface area contributed by atoms with E-state index in [0.29, 0.717) is 11.3 Å². The Bertz CT molecular complexity index is 735. The summed E-state index contributed by atoms with van der Waals surface area (Å²) in [6.45, 7) is 5.68. The van der Waals surface area contributed by atoms with Crippen molar-refractivity contribution in [1.82, 2.24) is 0 Å². The molecular formula is C19H21FN2. The minimum atomic E-state index is -0.194. The number of anilines is 1. The van der Waals surface area contributed by atoms with Crippen molar-refractivity contribution in [2.75, 3.05) is 5.73 Å². The second-order valence-electron chi connectivity index (χ2n) is 5.51. The zero-order chi connectivity index (χ0) is 16.3. The lowest BCUT2D eigenvalue weighted by atomic mass is 10.0. The summed E-state index contributed by atoms with van der Waals surface area (Å²) < 4.78 is 13.2. The van der Waals surface area contributed by atoms with E-state index in [9.17, 15) is 4.39 Å². The van der Waals surface area contributed by atoms with Gasteiger partial charge in [0, 0.05) is 11.4 Å². The maximum atomic E-state index is 13.2. The predicted octanol–water partition coefficient (Wildman–Crippen LogP) is 4.35. The Labute approximate surface area is 131 Å². The van der Waals surface area contributed by atoms with Gasteiger partial charge in [-0.1, -0.05) is 18.2 Å². The number of nitrogens with two attached hydrogens (primary N) is 2. The summed E-state index contributed by atoms with van der Waals surface area (Å²) in [5.41, 5.74) is 18.1. The number of aryl methyl sites for hydroxylation is 3. The SMILES string of the molecule is Cc1cc(/C=C\C=C(/N)c2cc(C)c(N)c(C)c2)ccc1F. The van der Waals surface area contributed by atoms with Gasteiger partial charge in [0.15, 0.2) is 0 Å². The minimum absolute atomic E-state index is 0.194. The number of benzene rings is 2. The summed E-state index contributed by atoms with van der Waals surface area (Å²) in [7, 11) is 0. The molecule has 0 spiro atoms. The first-order chi connectivity index (χ1) is 10.4. The topological polar surface area (TPSA) is 52.0 Å². The molecule has 0 fully saturated rings. The van der Waals surface area contributed by atoms with Crippen LogP contribution in [0.5, 0.6) is 0 Å². The highest BCUT2D eigenvalue weighted by Crippen LogP contribution is 2.21. The highest BCUT2D eigenvalue weighted by Gasteiger charge is 2.03. The van der Waals surface area contributed by atoms with Crippen molar-refractivity contribution >= 4 is 17.5 Å². The van der Waals surface area contributed by atoms with Gasteiger partial charge in [0.1, 0.15) is 5.82 Å². The number of halogens is 1. The first-order valence-corrected chi connectivity index (χ1v) is 7.15. The highest BCUT2D eigenvalue weighted by atomic mass is 19.1. The Morgan fingerprint density at radius 1 is 1.00 bits per heavy atom. The normalized spacial score (nSPS) is 12.1. The molecule has 2 aromatic carbocycles. The predicted molar refractivity (Wildman–Crippen MR) is 92.7 cm³/mol. The van der Waals surface area contributed by atoms with Crippen molar-refractivity contribution < 1.29 is 4.39 Å². The van der Waals surface area contributed by atoms with Crippen LogP contribution in [0.15, 0.2) is 42.5 Å². The van der Waals surface area contributed by atoms with Crippen LogP contribution < -0.4 is 11.5 Å². The van der Waals surface area contributed by atoms with Gasteiger partial charge in [0.25, 0.3) is 0 Å². The molecule has 0 aromatic heterocycles. The molecule has 2 nitrogen and oxygen atoms in total. The third-order valence-electron chi connectivity index (χ3n) is 3.67. The lowest BCUT2D eigenvalue weighted by Gasteiger charge is -2.08. The molecule has 22 heavy (non-hydrogen) atoms. The average Bonchev–Trinajstić information content (AvgIpc) is 2.47. The van der Waals surface area contributed by atoms with Gasteiger partial charge in [-0.2, -0.15) is 0 Å². The maximum Gasteiger partial charge on any atom is 0.126 e. The third-order valence-corrected chi connectivity index (χ3v) is 3.67. The van der Waals surface area contributed by atoms with Crippen LogP contribution in [0.1, 0.15) is 27.8 Å². The maximum absolute atomic E-state index is 13.2. The van der Waals surface area contributed by atoms with E-state index in [1.54, 1.807) is 19.1 Å². The molecule has 0 aliphatic heterocycles. The molecular weight excluding hydrogens is 275 g/mol. The van der Waals surface area contributed by atoms with Gasteiger partial charge in [-0.3, -0.25) is 0 Å². The molecule has 0 bridgehead atoms. The van der Waals surface area contributed by atoms with Gasteiger partial charge < -0.3 is 11.5 Å². The summed E-state index contributed by atoms with van der Waals surface area (Å²) in [4.78, 5) is 0. The molecule has 114 valence electrons. The Kier molecular flexibility index (Phi) is 4.66. The molecule has 3 heteroatoms. The lowest BCUT2D eigenvalue weighted by Crippen LogP contribution is -2.00. The van der Waals surface area contributed by atoms with Gasteiger partial charge in [-0.05, 0) is 78.9 Å². The van der Waals surface area contributed by atoms with Gasteiger partial charge in [-0.25, -0.2) is 4.39 Å². The van der Waals surface area contributed by atoms with Crippen LogP contribution >= 0.6 is 0 Å². The molecule has 2 aromatic rings. The van der Waals surface area contributed by atoms with E-state index in [0.717, 1.165) is 27.9 Å². The van der Waals surface area contributed by atoms with Crippen LogP contribution in [0.2, 0.25) is 0 Å². The molecule has 0 aliphatic carbocycles. The summed E-state index contributed by atoms with van der Waals surface area (Å²) in [5, 5.41) is 0. The van der Waals surface area contributed by atoms with E-state index in [-0.39, 0.29) is 5.82 Å². The fourth-order valence-corrected chi connectivity index (χ4v) is 2.27. The van der Waals surface area contributed by atoms with Crippen molar-refractivity contribution in [1.29, 1.82) is 0 Å². The second-order valence-corrected chi connectivity index (χ2v) is 5.51. The van der Waals surface area contributed by atoms with Crippen LogP contribution in [0.25, 0.3) is 11.8 Å². The fourth-order valence-electron chi connectivity index (χ4n) is 2.27. The molecule has 0 heterocycles. The van der Waals surface area contributed by atoms with Crippen molar-refractivity contribution in [3.8, 4) is 0 Å². The van der Waals surface area contributed by atoms with Crippen LogP contribution in [-0.2, 0) is 0 Å². The Hall–Kier alpha value is -2.55. The van der Waals surface area contributed by atoms with E-state index in [1.807, 2.05) is 44.2 Å². The number of allylic oxidation sites excluding steroid dienone is 2. The average molecular weight is 296 g/mol. The van der Waals surface area contributed by atoms with Crippen LogP contribution in [-0.4, -0.2) is 0 Å². The van der Waals surface area contributed by atoms with Crippen LogP contribution in [0, 0.1) is 26.6 Å². The Morgan fingerprint density at radius 3 is 2.23 bits per heavy atom. The smallest absolute Gasteiger partial charge is 0.126 e. The van der Waals surface area contributed by atoms with Crippen molar-refractivity contribution in [3.63, 3.8) is 0 Å². The quantitative estimate of drug-likeness (QED) is 0.653. The zero-order valence-electron chi connectivity index (χ0n) is 13.2. The summed E-state index contributed by atoms with van der Waals surface area (Å²) in [5.74, 6) is -0.194. The first-order valence-electron chi connectivity index (χ1n) is 7.15. The van der Waals surface area contributed by atoms with Crippen LogP contribution in [0.3, 0.4) is 0 Å². The molecule has 0 saturated carbocycles. The van der Waals surface area contributed by atoms with Crippen molar-refractivity contribution in [2.45, 2.75) is 20.8 Å². The molecule has 0 atom stereocenters. The standard InChI is InChI=1S/C19H21FN2/c1-12-9-15(7-8-17(12)20)5-4-6-18(21)16-10-13(2)19(22)14(3)11-16/h4-11H,21-22H2,1-3H3/b5-4-,18-6-. The van der Waals surface area contributed by atoms with E-state index in [2.05, 4.69) is 0 Å². The first kappa shape index (κ1) is 15.8. The van der Waals surface area contributed by atoms with E-state index in [1.165, 1.54) is 6.07 Å². The molecule has 0 saturated heterocycles. The molecule has 0 amide bonds. The monoisotopic (exact) mass is 296 g/mol. The zero-order valence-corrected chi connectivity index (χ0v) is 13.2. The molecule has 2 rings (SSSR count). The van der Waals surface area contributed by atoms with E-state index < -0.39 is 0 Å². The molecule has 0 radical (unpaired) electrons. The molecule has 0 aliphatic rings. The summed E-state index contributed by atoms with van der Waals surface area (Å²) in [6, 6.07) is 8.95. The fraction of sp³-hybridized carbons (Fsp3) is 0.158. The number of rotatable bonds is 3. The number of nitrogen functional groups attached to an aromatic ring is 1. The Morgan fingerprint density at radius 2 is 1.64 bits per heavy atom. The van der Waals surface area contributed by atoms with Gasteiger partial charge in [-0.15, -0.1) is 0 Å². The van der Waals surface area contributed by atoms with Gasteiger partial charge in [0.2, 0.25) is 0 Å². The summed E-state index contributed by atoms with van der Waals surface area (Å²) >= 11 is 0. The third kappa shape index (κ3) is 3.55. The second kappa shape index (κ2) is 6.48. The molecule has 4 N–H and O–H groups in total. The van der Waals surface area contributed by atoms with Crippen molar-refractivity contribution in [2.24, 2.45) is 5.73 Å². The van der Waals surface area contributed by atoms with Crippen LogP contribution in [0.4, 0.5) is 10.1 Å².